The minimum Gasteiger partial charge on any atom is -0.493 e. The lowest BCUT2D eigenvalue weighted by atomic mass is 10.1. The molecule has 1 heterocycles. The van der Waals surface area contributed by atoms with E-state index in [0.717, 1.165) is 10.9 Å². The Morgan fingerprint density at radius 1 is 1.00 bits per heavy atom. The molecular weight excluding hydrogens is 340 g/mol. The second-order valence-corrected chi connectivity index (χ2v) is 6.16. The fourth-order valence-corrected chi connectivity index (χ4v) is 3.52. The lowest BCUT2D eigenvalue weighted by Crippen LogP contribution is -2.06. The van der Waals surface area contributed by atoms with Gasteiger partial charge in [-0.05, 0) is 29.0 Å². The number of fused-ring (bicyclic) bond motifs is 1. The van der Waals surface area contributed by atoms with E-state index in [2.05, 4.69) is 0 Å². The summed E-state index contributed by atoms with van der Waals surface area (Å²) < 4.78 is 22.4. The summed E-state index contributed by atoms with van der Waals surface area (Å²) in [6.45, 7) is 0.208. The van der Waals surface area contributed by atoms with Crippen molar-refractivity contribution in [2.24, 2.45) is 0 Å². The van der Waals surface area contributed by atoms with E-state index < -0.39 is 5.97 Å². The fourth-order valence-electron chi connectivity index (χ4n) is 2.57. The normalized spacial score (nSPS) is 10.5. The average Bonchev–Trinajstić information content (AvgIpc) is 3.07. The fraction of sp³-hybridized carbons (Fsp3) is 0.211. The molecule has 0 atom stereocenters. The van der Waals surface area contributed by atoms with Crippen molar-refractivity contribution in [3.05, 3.63) is 52.9 Å². The van der Waals surface area contributed by atoms with E-state index in [1.807, 2.05) is 29.6 Å². The first kappa shape index (κ1) is 17.1. The van der Waals surface area contributed by atoms with Crippen LogP contribution in [0, 0.1) is 0 Å². The molecule has 5 nitrogen and oxygen atoms in total. The molecule has 0 spiro atoms. The number of carbonyl (C=O) groups excluding carboxylic acids is 1. The van der Waals surface area contributed by atoms with Crippen molar-refractivity contribution in [2.75, 3.05) is 21.3 Å². The first-order valence-electron chi connectivity index (χ1n) is 7.60. The summed E-state index contributed by atoms with van der Waals surface area (Å²) in [5.74, 6) is 0.810. The number of benzene rings is 2. The molecule has 0 fully saturated rings. The van der Waals surface area contributed by atoms with Crippen LogP contribution in [0.1, 0.15) is 15.9 Å². The standard InChI is InChI=1S/C19H18O5S/c1-21-15-8-12(9-16(22-2)18(15)23-3)19(20)24-10-13-11-25-17-7-5-4-6-14(13)17/h4-9,11H,10H2,1-3H3. The molecule has 3 aromatic rings. The number of methoxy groups -OCH3 is 3. The van der Waals surface area contributed by atoms with E-state index in [1.165, 1.54) is 26.0 Å². The summed E-state index contributed by atoms with van der Waals surface area (Å²) in [5.41, 5.74) is 1.33. The van der Waals surface area contributed by atoms with Crippen molar-refractivity contribution in [1.29, 1.82) is 0 Å². The van der Waals surface area contributed by atoms with E-state index >= 15 is 0 Å². The van der Waals surface area contributed by atoms with E-state index in [4.69, 9.17) is 18.9 Å². The Balaban J connectivity index is 1.81. The third kappa shape index (κ3) is 3.39. The Kier molecular flexibility index (Phi) is 5.09. The lowest BCUT2D eigenvalue weighted by Gasteiger charge is -2.13. The predicted molar refractivity (Wildman–Crippen MR) is 97.0 cm³/mol. The SMILES string of the molecule is COc1cc(C(=O)OCc2csc3ccccc23)cc(OC)c1OC. The van der Waals surface area contributed by atoms with Crippen LogP contribution in [-0.2, 0) is 11.3 Å². The van der Waals surface area contributed by atoms with Gasteiger partial charge in [0, 0.05) is 10.3 Å². The van der Waals surface area contributed by atoms with Gasteiger partial charge in [-0.25, -0.2) is 4.79 Å². The van der Waals surface area contributed by atoms with Gasteiger partial charge in [-0.2, -0.15) is 0 Å². The summed E-state index contributed by atoms with van der Waals surface area (Å²) in [5, 5.41) is 3.11. The number of rotatable bonds is 6. The summed E-state index contributed by atoms with van der Waals surface area (Å²) in [4.78, 5) is 12.4. The number of ether oxygens (including phenoxy) is 4. The van der Waals surface area contributed by atoms with Crippen LogP contribution in [0.4, 0.5) is 0 Å². The second-order valence-electron chi connectivity index (χ2n) is 5.25. The summed E-state index contributed by atoms with van der Waals surface area (Å²) in [6, 6.07) is 11.2. The Labute approximate surface area is 149 Å². The molecule has 0 aliphatic rings. The second kappa shape index (κ2) is 7.44. The maximum atomic E-state index is 12.4. The van der Waals surface area contributed by atoms with Crippen LogP contribution < -0.4 is 14.2 Å². The van der Waals surface area contributed by atoms with E-state index in [1.54, 1.807) is 23.5 Å². The molecule has 0 bridgehead atoms. The van der Waals surface area contributed by atoms with Crippen molar-refractivity contribution < 1.29 is 23.7 Å². The highest BCUT2D eigenvalue weighted by Gasteiger charge is 2.18. The van der Waals surface area contributed by atoms with E-state index in [9.17, 15) is 4.79 Å². The van der Waals surface area contributed by atoms with Crippen molar-refractivity contribution in [2.45, 2.75) is 6.61 Å². The Bertz CT molecular complexity index is 875. The summed E-state index contributed by atoms with van der Waals surface area (Å²) in [6.07, 6.45) is 0. The molecule has 0 saturated heterocycles. The minimum atomic E-state index is -0.450. The lowest BCUT2D eigenvalue weighted by molar-refractivity contribution is 0.0474. The highest BCUT2D eigenvalue weighted by atomic mass is 32.1. The smallest absolute Gasteiger partial charge is 0.338 e. The van der Waals surface area contributed by atoms with Crippen LogP contribution in [-0.4, -0.2) is 27.3 Å². The van der Waals surface area contributed by atoms with Gasteiger partial charge in [0.25, 0.3) is 0 Å². The average molecular weight is 358 g/mol. The summed E-state index contributed by atoms with van der Waals surface area (Å²) in [7, 11) is 4.52. The third-order valence-corrected chi connectivity index (χ3v) is 4.83. The maximum Gasteiger partial charge on any atom is 0.338 e. The molecule has 3 rings (SSSR count). The zero-order valence-corrected chi connectivity index (χ0v) is 15.0. The Morgan fingerprint density at radius 2 is 1.68 bits per heavy atom. The van der Waals surface area contributed by atoms with Crippen LogP contribution in [0.25, 0.3) is 10.1 Å². The molecule has 25 heavy (non-hydrogen) atoms. The van der Waals surface area contributed by atoms with Gasteiger partial charge >= 0.3 is 5.97 Å². The molecule has 1 aromatic heterocycles. The number of hydrogen-bond donors (Lipinski definition) is 0. The predicted octanol–water partition coefficient (Wildman–Crippen LogP) is 4.28. The number of thiophene rings is 1. The molecule has 0 unspecified atom stereocenters. The zero-order valence-electron chi connectivity index (χ0n) is 14.2. The van der Waals surface area contributed by atoms with Gasteiger partial charge in [-0.15, -0.1) is 11.3 Å². The van der Waals surface area contributed by atoms with Crippen LogP contribution in [0.5, 0.6) is 17.2 Å². The minimum absolute atomic E-state index is 0.208. The molecule has 130 valence electrons. The molecule has 2 aromatic carbocycles. The van der Waals surface area contributed by atoms with Gasteiger partial charge in [0.15, 0.2) is 11.5 Å². The van der Waals surface area contributed by atoms with Crippen molar-refractivity contribution >= 4 is 27.4 Å². The van der Waals surface area contributed by atoms with Gasteiger partial charge in [0.2, 0.25) is 5.75 Å². The summed E-state index contributed by atoms with van der Waals surface area (Å²) >= 11 is 1.63. The molecule has 6 heteroatoms. The first-order valence-corrected chi connectivity index (χ1v) is 8.48. The molecule has 0 N–H and O–H groups in total. The van der Waals surface area contributed by atoms with Crippen LogP contribution in [0.15, 0.2) is 41.8 Å². The molecular formula is C19H18O5S. The maximum absolute atomic E-state index is 12.4. The Morgan fingerprint density at radius 3 is 2.32 bits per heavy atom. The first-order chi connectivity index (χ1) is 12.2. The van der Waals surface area contributed by atoms with Gasteiger partial charge in [0.05, 0.1) is 26.9 Å². The molecule has 0 radical (unpaired) electrons. The monoisotopic (exact) mass is 358 g/mol. The zero-order chi connectivity index (χ0) is 17.8. The number of esters is 1. The van der Waals surface area contributed by atoms with Gasteiger partial charge < -0.3 is 18.9 Å². The van der Waals surface area contributed by atoms with Gasteiger partial charge in [0.1, 0.15) is 6.61 Å². The van der Waals surface area contributed by atoms with Gasteiger partial charge in [-0.1, -0.05) is 18.2 Å². The van der Waals surface area contributed by atoms with Crippen molar-refractivity contribution in [3.63, 3.8) is 0 Å². The third-order valence-electron chi connectivity index (χ3n) is 3.82. The van der Waals surface area contributed by atoms with Crippen LogP contribution >= 0.6 is 11.3 Å². The van der Waals surface area contributed by atoms with Crippen LogP contribution in [0.3, 0.4) is 0 Å². The largest absolute Gasteiger partial charge is 0.493 e. The highest BCUT2D eigenvalue weighted by Crippen LogP contribution is 2.38. The molecule has 0 amide bonds. The van der Waals surface area contributed by atoms with Crippen LogP contribution in [0.2, 0.25) is 0 Å². The topological polar surface area (TPSA) is 54.0 Å². The van der Waals surface area contributed by atoms with Crippen molar-refractivity contribution in [1.82, 2.24) is 0 Å². The number of hydrogen-bond acceptors (Lipinski definition) is 6. The quantitative estimate of drug-likeness (QED) is 0.616. The highest BCUT2D eigenvalue weighted by molar-refractivity contribution is 7.17. The number of carbonyl (C=O) groups is 1. The molecule has 0 saturated carbocycles. The Hall–Kier alpha value is -2.73. The molecule has 0 aliphatic carbocycles. The molecule has 0 aliphatic heterocycles. The van der Waals surface area contributed by atoms with Gasteiger partial charge in [-0.3, -0.25) is 0 Å². The van der Waals surface area contributed by atoms with E-state index in [0.29, 0.717) is 22.8 Å². The van der Waals surface area contributed by atoms with E-state index in [-0.39, 0.29) is 6.61 Å². The van der Waals surface area contributed by atoms with Crippen molar-refractivity contribution in [3.8, 4) is 17.2 Å².